The lowest BCUT2D eigenvalue weighted by Crippen LogP contribution is -2.59. The van der Waals surface area contributed by atoms with E-state index >= 15 is 0 Å². The van der Waals surface area contributed by atoms with E-state index in [-0.39, 0.29) is 23.9 Å². The summed E-state index contributed by atoms with van der Waals surface area (Å²) in [4.78, 5) is 5.06. The molecule has 1 aliphatic carbocycles. The third kappa shape index (κ3) is 5.89. The maximum absolute atomic E-state index is 6.55. The Balaban J connectivity index is 1.63. The van der Waals surface area contributed by atoms with Gasteiger partial charge in [0.2, 0.25) is 0 Å². The van der Waals surface area contributed by atoms with Crippen LogP contribution < -0.4 is 5.32 Å². The first-order valence-electron chi connectivity index (χ1n) is 11.3. The van der Waals surface area contributed by atoms with Gasteiger partial charge in [-0.2, -0.15) is 0 Å². The monoisotopic (exact) mass is 397 g/mol. The van der Waals surface area contributed by atoms with Gasteiger partial charge in [0, 0.05) is 64.4 Å². The van der Waals surface area contributed by atoms with Crippen LogP contribution >= 0.6 is 0 Å². The molecule has 6 nitrogen and oxygen atoms in total. The lowest BCUT2D eigenvalue weighted by Gasteiger charge is -2.47. The second kappa shape index (κ2) is 9.71. The Hall–Kier alpha value is -0.240. The summed E-state index contributed by atoms with van der Waals surface area (Å²) in [5.74, 6) is 0. The van der Waals surface area contributed by atoms with Crippen LogP contribution in [0.3, 0.4) is 0 Å². The molecule has 0 spiro atoms. The van der Waals surface area contributed by atoms with Gasteiger partial charge in [-0.3, -0.25) is 9.80 Å². The Morgan fingerprint density at radius 3 is 2.32 bits per heavy atom. The van der Waals surface area contributed by atoms with Crippen LogP contribution in [-0.4, -0.2) is 98.3 Å². The first-order valence-corrected chi connectivity index (χ1v) is 11.3. The van der Waals surface area contributed by atoms with Crippen LogP contribution in [-0.2, 0) is 14.2 Å². The van der Waals surface area contributed by atoms with Gasteiger partial charge in [-0.15, -0.1) is 0 Å². The summed E-state index contributed by atoms with van der Waals surface area (Å²) in [5.41, 5.74) is -0.341. The average molecular weight is 398 g/mol. The lowest BCUT2D eigenvalue weighted by atomic mass is 9.89. The van der Waals surface area contributed by atoms with Gasteiger partial charge in [-0.25, -0.2) is 0 Å². The third-order valence-corrected chi connectivity index (χ3v) is 6.81. The maximum Gasteiger partial charge on any atom is 0.0989 e. The molecule has 0 aromatic rings. The largest absolute Gasteiger partial charge is 0.376 e. The number of morpholine rings is 2. The van der Waals surface area contributed by atoms with Crippen molar-refractivity contribution in [3.05, 3.63) is 0 Å². The molecule has 3 aliphatic rings. The van der Waals surface area contributed by atoms with Crippen molar-refractivity contribution < 1.29 is 14.2 Å². The van der Waals surface area contributed by atoms with Crippen molar-refractivity contribution in [1.82, 2.24) is 15.1 Å². The fraction of sp³-hybridized carbons (Fsp3) is 1.00. The zero-order chi connectivity index (χ0) is 20.3. The molecule has 0 amide bonds. The second-order valence-corrected chi connectivity index (χ2v) is 9.78. The number of methoxy groups -OCH3 is 1. The van der Waals surface area contributed by atoms with Crippen LogP contribution in [0.2, 0.25) is 0 Å². The molecule has 1 N–H and O–H groups in total. The first kappa shape index (κ1) is 22.4. The van der Waals surface area contributed by atoms with E-state index in [0.717, 1.165) is 51.8 Å². The highest BCUT2D eigenvalue weighted by Gasteiger charge is 2.43. The first-order chi connectivity index (χ1) is 13.3. The smallest absolute Gasteiger partial charge is 0.0989 e. The lowest BCUT2D eigenvalue weighted by molar-refractivity contribution is -0.183. The minimum absolute atomic E-state index is 0.0784. The van der Waals surface area contributed by atoms with Gasteiger partial charge in [0.05, 0.1) is 30.5 Å². The summed E-state index contributed by atoms with van der Waals surface area (Å²) in [6.45, 7) is 16.9. The summed E-state index contributed by atoms with van der Waals surface area (Å²) in [7, 11) is 1.83. The number of ether oxygens (including phenoxy) is 3. The molecular weight excluding hydrogens is 354 g/mol. The quantitative estimate of drug-likeness (QED) is 0.643. The van der Waals surface area contributed by atoms with E-state index in [1.807, 2.05) is 7.11 Å². The Labute approximate surface area is 172 Å². The SMILES string of the molecule is COC(C)(CC1CN(C(C)C)C[C@@H](CNC2CC2)O1)[C@@H]1CN(C(C)C)CCO1. The number of nitrogens with one attached hydrogen (secondary N) is 1. The highest BCUT2D eigenvalue weighted by molar-refractivity contribution is 4.95. The van der Waals surface area contributed by atoms with E-state index in [1.165, 1.54) is 12.8 Å². The van der Waals surface area contributed by atoms with E-state index in [9.17, 15) is 0 Å². The zero-order valence-electron chi connectivity index (χ0n) is 18.9. The van der Waals surface area contributed by atoms with Crippen molar-refractivity contribution >= 4 is 0 Å². The molecule has 3 rings (SSSR count). The molecule has 6 heteroatoms. The fourth-order valence-electron chi connectivity index (χ4n) is 4.49. The van der Waals surface area contributed by atoms with Crippen LogP contribution in [0.25, 0.3) is 0 Å². The number of hydrogen-bond donors (Lipinski definition) is 1. The molecule has 4 atom stereocenters. The van der Waals surface area contributed by atoms with E-state index in [2.05, 4.69) is 49.7 Å². The minimum Gasteiger partial charge on any atom is -0.376 e. The van der Waals surface area contributed by atoms with Crippen LogP contribution in [0.1, 0.15) is 53.9 Å². The van der Waals surface area contributed by atoms with E-state index in [4.69, 9.17) is 14.2 Å². The van der Waals surface area contributed by atoms with Gasteiger partial charge in [0.1, 0.15) is 0 Å². The van der Waals surface area contributed by atoms with Gasteiger partial charge in [0.25, 0.3) is 0 Å². The van der Waals surface area contributed by atoms with Crippen molar-refractivity contribution in [2.45, 2.75) is 95.9 Å². The topological polar surface area (TPSA) is 46.2 Å². The molecule has 2 heterocycles. The van der Waals surface area contributed by atoms with Gasteiger partial charge in [0.15, 0.2) is 0 Å². The van der Waals surface area contributed by atoms with Crippen LogP contribution in [0, 0.1) is 0 Å². The summed E-state index contributed by atoms with van der Waals surface area (Å²) in [6, 6.07) is 1.79. The number of hydrogen-bond acceptors (Lipinski definition) is 6. The number of rotatable bonds is 9. The molecule has 0 radical (unpaired) electrons. The highest BCUT2D eigenvalue weighted by Crippen LogP contribution is 2.30. The molecule has 0 aromatic heterocycles. The normalized spacial score (nSPS) is 32.8. The molecule has 3 fully saturated rings. The van der Waals surface area contributed by atoms with Crippen LogP contribution in [0.5, 0.6) is 0 Å². The van der Waals surface area contributed by atoms with Crippen molar-refractivity contribution in [1.29, 1.82) is 0 Å². The van der Waals surface area contributed by atoms with Crippen molar-refractivity contribution in [2.75, 3.05) is 46.4 Å². The molecule has 164 valence electrons. The fourth-order valence-corrected chi connectivity index (χ4v) is 4.49. The molecule has 2 saturated heterocycles. The highest BCUT2D eigenvalue weighted by atomic mass is 16.6. The summed E-state index contributed by atoms with van der Waals surface area (Å²) < 4.78 is 18.8. The zero-order valence-corrected chi connectivity index (χ0v) is 18.9. The predicted octanol–water partition coefficient (Wildman–Crippen LogP) is 2.12. The molecular formula is C22H43N3O3. The Morgan fingerprint density at radius 2 is 1.71 bits per heavy atom. The van der Waals surface area contributed by atoms with Crippen molar-refractivity contribution in [2.24, 2.45) is 0 Å². The van der Waals surface area contributed by atoms with Gasteiger partial charge in [-0.1, -0.05) is 0 Å². The number of nitrogens with zero attached hydrogens (tertiary/aromatic N) is 2. The Kier molecular flexibility index (Phi) is 7.79. The molecule has 0 bridgehead atoms. The van der Waals surface area contributed by atoms with E-state index in [0.29, 0.717) is 12.1 Å². The third-order valence-electron chi connectivity index (χ3n) is 6.81. The maximum atomic E-state index is 6.55. The van der Waals surface area contributed by atoms with Crippen LogP contribution in [0.4, 0.5) is 0 Å². The molecule has 0 aromatic carbocycles. The second-order valence-electron chi connectivity index (χ2n) is 9.78. The minimum atomic E-state index is -0.341. The standard InChI is InChI=1S/C22H43N3O3/c1-16(2)24-9-10-27-21(15-24)22(5,26-6)11-19-13-25(17(3)4)14-20(28-19)12-23-18-7-8-18/h16-21,23H,7-15H2,1-6H3/t19?,20-,21+,22?/m1/s1. The molecule has 2 aliphatic heterocycles. The molecule has 2 unspecified atom stereocenters. The van der Waals surface area contributed by atoms with E-state index < -0.39 is 0 Å². The average Bonchev–Trinajstić information content (AvgIpc) is 3.50. The summed E-state index contributed by atoms with van der Waals surface area (Å²) >= 11 is 0. The molecule has 28 heavy (non-hydrogen) atoms. The van der Waals surface area contributed by atoms with Crippen molar-refractivity contribution in [3.63, 3.8) is 0 Å². The van der Waals surface area contributed by atoms with Gasteiger partial charge in [-0.05, 0) is 47.5 Å². The van der Waals surface area contributed by atoms with Gasteiger partial charge >= 0.3 is 0 Å². The Morgan fingerprint density at radius 1 is 1.04 bits per heavy atom. The summed E-state index contributed by atoms with van der Waals surface area (Å²) in [6.07, 6.45) is 4.00. The Bertz CT molecular complexity index is 486. The van der Waals surface area contributed by atoms with E-state index in [1.54, 1.807) is 0 Å². The van der Waals surface area contributed by atoms with Crippen molar-refractivity contribution in [3.8, 4) is 0 Å². The van der Waals surface area contributed by atoms with Crippen LogP contribution in [0.15, 0.2) is 0 Å². The van der Waals surface area contributed by atoms with Gasteiger partial charge < -0.3 is 19.5 Å². The predicted molar refractivity (Wildman–Crippen MR) is 113 cm³/mol. The summed E-state index contributed by atoms with van der Waals surface area (Å²) in [5, 5.41) is 3.65. The molecule has 1 saturated carbocycles.